The second kappa shape index (κ2) is 4.80. The van der Waals surface area contributed by atoms with Crippen molar-refractivity contribution < 1.29 is 8.42 Å². The molecule has 1 aliphatic carbocycles. The number of likely N-dealkylation sites (N-methyl/N-ethyl adjacent to an activating group) is 1. The van der Waals surface area contributed by atoms with Crippen LogP contribution in [-0.2, 0) is 10.0 Å². The molecule has 0 radical (unpaired) electrons. The molecule has 1 rings (SSSR count). The van der Waals surface area contributed by atoms with E-state index in [0.29, 0.717) is 13.0 Å². The first-order valence-electron chi connectivity index (χ1n) is 5.57. The van der Waals surface area contributed by atoms with Crippen LogP contribution in [0.3, 0.4) is 0 Å². The van der Waals surface area contributed by atoms with Gasteiger partial charge in [0.1, 0.15) is 0 Å². The maximum absolute atomic E-state index is 11.5. The summed E-state index contributed by atoms with van der Waals surface area (Å²) in [4.78, 5) is 2.14. The van der Waals surface area contributed by atoms with Crippen LogP contribution in [-0.4, -0.2) is 45.2 Å². The van der Waals surface area contributed by atoms with Crippen molar-refractivity contribution in [3.63, 3.8) is 0 Å². The molecule has 0 spiro atoms. The third kappa shape index (κ3) is 3.16. The van der Waals surface area contributed by atoms with Gasteiger partial charge in [-0.25, -0.2) is 13.1 Å². The summed E-state index contributed by atoms with van der Waals surface area (Å²) >= 11 is 0. The van der Waals surface area contributed by atoms with Crippen molar-refractivity contribution in [3.05, 3.63) is 0 Å². The first kappa shape index (κ1) is 12.9. The number of hydrogen-bond donors (Lipinski definition) is 1. The molecule has 90 valence electrons. The predicted molar refractivity (Wildman–Crippen MR) is 62.3 cm³/mol. The van der Waals surface area contributed by atoms with Gasteiger partial charge in [0.2, 0.25) is 10.0 Å². The highest BCUT2D eigenvalue weighted by molar-refractivity contribution is 7.89. The summed E-state index contributed by atoms with van der Waals surface area (Å²) in [6.45, 7) is 2.44. The first-order chi connectivity index (χ1) is 6.92. The van der Waals surface area contributed by atoms with Crippen molar-refractivity contribution >= 4 is 10.0 Å². The summed E-state index contributed by atoms with van der Waals surface area (Å²) < 4.78 is 25.7. The molecule has 4 nitrogen and oxygen atoms in total. The number of nitrogens with one attached hydrogen (secondary N) is 1. The number of nitrogens with zero attached hydrogens (tertiary/aromatic N) is 1. The molecular formula is C10H22N2O2S. The Morgan fingerprint density at radius 2 is 1.93 bits per heavy atom. The Balaban J connectivity index is 2.48. The fraction of sp³-hybridized carbons (Fsp3) is 1.00. The van der Waals surface area contributed by atoms with Crippen molar-refractivity contribution in [1.29, 1.82) is 0 Å². The molecule has 0 bridgehead atoms. The normalized spacial score (nSPS) is 20.3. The van der Waals surface area contributed by atoms with Crippen LogP contribution in [0.5, 0.6) is 0 Å². The monoisotopic (exact) mass is 234 g/mol. The fourth-order valence-electron chi connectivity index (χ4n) is 1.95. The molecule has 0 atom stereocenters. The van der Waals surface area contributed by atoms with Crippen molar-refractivity contribution in [3.8, 4) is 0 Å². The summed E-state index contributed by atoms with van der Waals surface area (Å²) in [5, 5.41) is 0. The lowest BCUT2D eigenvalue weighted by Crippen LogP contribution is -2.57. The molecule has 1 aliphatic rings. The molecule has 1 fully saturated rings. The zero-order valence-electron chi connectivity index (χ0n) is 9.91. The molecule has 0 aromatic heterocycles. The molecule has 1 saturated carbocycles. The van der Waals surface area contributed by atoms with Gasteiger partial charge in [0.15, 0.2) is 0 Å². The number of rotatable bonds is 6. The van der Waals surface area contributed by atoms with E-state index in [0.717, 1.165) is 12.8 Å². The van der Waals surface area contributed by atoms with Crippen molar-refractivity contribution in [2.45, 2.75) is 38.1 Å². The molecule has 0 unspecified atom stereocenters. The zero-order chi connectivity index (χ0) is 11.5. The summed E-state index contributed by atoms with van der Waals surface area (Å²) in [7, 11) is 0.991. The molecule has 1 N–H and O–H groups in total. The lowest BCUT2D eigenvalue weighted by Gasteiger charge is -2.47. The van der Waals surface area contributed by atoms with Gasteiger partial charge in [-0.2, -0.15) is 0 Å². The van der Waals surface area contributed by atoms with Crippen molar-refractivity contribution in [1.82, 2.24) is 9.62 Å². The van der Waals surface area contributed by atoms with Gasteiger partial charge in [-0.05, 0) is 39.8 Å². The van der Waals surface area contributed by atoms with Crippen LogP contribution in [0.2, 0.25) is 0 Å². The molecule has 0 heterocycles. The summed E-state index contributed by atoms with van der Waals surface area (Å²) in [6.07, 6.45) is 4.06. The molecule has 15 heavy (non-hydrogen) atoms. The molecule has 0 amide bonds. The van der Waals surface area contributed by atoms with E-state index < -0.39 is 10.0 Å². The van der Waals surface area contributed by atoms with Gasteiger partial charge in [0.05, 0.1) is 5.75 Å². The SMILES string of the molecule is CCCS(=O)(=O)NCC1(N(C)C)CCC1. The maximum Gasteiger partial charge on any atom is 0.211 e. The highest BCUT2D eigenvalue weighted by atomic mass is 32.2. The lowest BCUT2D eigenvalue weighted by molar-refractivity contribution is 0.0657. The Morgan fingerprint density at radius 1 is 1.33 bits per heavy atom. The largest absolute Gasteiger partial charge is 0.302 e. The van der Waals surface area contributed by atoms with Gasteiger partial charge in [0.25, 0.3) is 0 Å². The van der Waals surface area contributed by atoms with E-state index in [4.69, 9.17) is 0 Å². The van der Waals surface area contributed by atoms with E-state index in [2.05, 4.69) is 9.62 Å². The number of hydrogen-bond acceptors (Lipinski definition) is 3. The third-order valence-electron chi connectivity index (χ3n) is 3.33. The Hall–Kier alpha value is -0.130. The van der Waals surface area contributed by atoms with Crippen LogP contribution >= 0.6 is 0 Å². The molecule has 0 aromatic rings. The minimum Gasteiger partial charge on any atom is -0.302 e. The Morgan fingerprint density at radius 3 is 2.27 bits per heavy atom. The highest BCUT2D eigenvalue weighted by Crippen LogP contribution is 2.35. The van der Waals surface area contributed by atoms with Gasteiger partial charge in [-0.3, -0.25) is 0 Å². The van der Waals surface area contributed by atoms with Crippen LogP contribution in [0.4, 0.5) is 0 Å². The minimum atomic E-state index is -3.05. The Kier molecular flexibility index (Phi) is 4.14. The van der Waals surface area contributed by atoms with E-state index in [9.17, 15) is 8.42 Å². The molecule has 5 heteroatoms. The van der Waals surface area contributed by atoms with E-state index in [1.807, 2.05) is 21.0 Å². The average molecular weight is 234 g/mol. The molecular weight excluding hydrogens is 212 g/mol. The van der Waals surface area contributed by atoms with Crippen LogP contribution < -0.4 is 4.72 Å². The van der Waals surface area contributed by atoms with E-state index in [1.165, 1.54) is 6.42 Å². The van der Waals surface area contributed by atoms with Gasteiger partial charge < -0.3 is 4.90 Å². The minimum absolute atomic E-state index is 0.0702. The van der Waals surface area contributed by atoms with Crippen LogP contribution in [0.15, 0.2) is 0 Å². The lowest BCUT2D eigenvalue weighted by atomic mass is 9.76. The van der Waals surface area contributed by atoms with Gasteiger partial charge in [-0.1, -0.05) is 6.92 Å². The van der Waals surface area contributed by atoms with Crippen LogP contribution in [0, 0.1) is 0 Å². The van der Waals surface area contributed by atoms with E-state index in [-0.39, 0.29) is 11.3 Å². The topological polar surface area (TPSA) is 49.4 Å². The third-order valence-corrected chi connectivity index (χ3v) is 4.86. The standard InChI is InChI=1S/C10H22N2O2S/c1-4-8-15(13,14)11-9-10(12(2)3)6-5-7-10/h11H,4-9H2,1-3H3. The Bertz CT molecular complexity index is 295. The van der Waals surface area contributed by atoms with Gasteiger partial charge >= 0.3 is 0 Å². The first-order valence-corrected chi connectivity index (χ1v) is 7.22. The second-order valence-corrected chi connectivity index (χ2v) is 6.54. The summed E-state index contributed by atoms with van der Waals surface area (Å²) in [5.74, 6) is 0.233. The van der Waals surface area contributed by atoms with E-state index >= 15 is 0 Å². The van der Waals surface area contributed by atoms with Crippen LogP contribution in [0.1, 0.15) is 32.6 Å². The average Bonchev–Trinajstić information content (AvgIpc) is 2.00. The molecule has 0 aliphatic heterocycles. The molecule has 0 aromatic carbocycles. The second-order valence-electron chi connectivity index (χ2n) is 4.61. The summed E-state index contributed by atoms with van der Waals surface area (Å²) in [5.41, 5.74) is 0.0702. The predicted octanol–water partition coefficient (Wildman–Crippen LogP) is 0.800. The molecule has 0 saturated heterocycles. The van der Waals surface area contributed by atoms with Crippen molar-refractivity contribution in [2.75, 3.05) is 26.4 Å². The highest BCUT2D eigenvalue weighted by Gasteiger charge is 2.39. The summed E-state index contributed by atoms with van der Waals surface area (Å²) in [6, 6.07) is 0. The maximum atomic E-state index is 11.5. The Labute approximate surface area is 93.1 Å². The zero-order valence-corrected chi connectivity index (χ0v) is 10.7. The quantitative estimate of drug-likeness (QED) is 0.739. The number of sulfonamides is 1. The smallest absolute Gasteiger partial charge is 0.211 e. The van der Waals surface area contributed by atoms with Gasteiger partial charge in [-0.15, -0.1) is 0 Å². The van der Waals surface area contributed by atoms with Gasteiger partial charge in [0, 0.05) is 12.1 Å². The van der Waals surface area contributed by atoms with Crippen molar-refractivity contribution in [2.24, 2.45) is 0 Å². The van der Waals surface area contributed by atoms with Crippen LogP contribution in [0.25, 0.3) is 0 Å². The fourth-order valence-corrected chi connectivity index (χ4v) is 3.12. The van der Waals surface area contributed by atoms with E-state index in [1.54, 1.807) is 0 Å².